The van der Waals surface area contributed by atoms with E-state index < -0.39 is 10.0 Å². The third-order valence-corrected chi connectivity index (χ3v) is 5.40. The zero-order valence-corrected chi connectivity index (χ0v) is 17.3. The summed E-state index contributed by atoms with van der Waals surface area (Å²) in [6, 6.07) is 6.98. The predicted octanol–water partition coefficient (Wildman–Crippen LogP) is 1.55. The first kappa shape index (κ1) is 20.3. The molecular formula is C19H26N4O4S. The average molecular weight is 407 g/mol. The van der Waals surface area contributed by atoms with E-state index in [1.54, 1.807) is 24.3 Å². The van der Waals surface area contributed by atoms with Crippen LogP contribution in [0.5, 0.6) is 0 Å². The van der Waals surface area contributed by atoms with Crippen LogP contribution in [-0.4, -0.2) is 61.5 Å². The molecule has 1 N–H and O–H groups in total. The van der Waals surface area contributed by atoms with E-state index in [1.807, 2.05) is 18.7 Å². The highest BCUT2D eigenvalue weighted by molar-refractivity contribution is 7.92. The van der Waals surface area contributed by atoms with Gasteiger partial charge in [-0.1, -0.05) is 18.2 Å². The Bertz CT molecular complexity index is 927. The average Bonchev–Trinajstić information content (AvgIpc) is 2.93. The van der Waals surface area contributed by atoms with Gasteiger partial charge in [-0.05, 0) is 25.5 Å². The number of sulfonamides is 1. The number of nitrogens with zero attached hydrogens (tertiary/aromatic N) is 3. The van der Waals surface area contributed by atoms with Crippen molar-refractivity contribution in [1.29, 1.82) is 0 Å². The lowest BCUT2D eigenvalue weighted by atomic mass is 10.1. The van der Waals surface area contributed by atoms with Crippen molar-refractivity contribution < 1.29 is 17.6 Å². The summed E-state index contributed by atoms with van der Waals surface area (Å²) in [5.41, 5.74) is 2.03. The minimum Gasteiger partial charge on any atom is -0.444 e. The summed E-state index contributed by atoms with van der Waals surface area (Å²) in [4.78, 5) is 21.1. The number of amides is 1. The van der Waals surface area contributed by atoms with Crippen molar-refractivity contribution in [2.24, 2.45) is 0 Å². The number of nitrogens with one attached hydrogen (secondary N) is 1. The van der Waals surface area contributed by atoms with Gasteiger partial charge in [0.05, 0.1) is 30.6 Å². The van der Waals surface area contributed by atoms with Crippen LogP contribution in [0.25, 0.3) is 0 Å². The largest absolute Gasteiger partial charge is 0.444 e. The predicted molar refractivity (Wildman–Crippen MR) is 106 cm³/mol. The van der Waals surface area contributed by atoms with Crippen molar-refractivity contribution >= 4 is 21.6 Å². The highest BCUT2D eigenvalue weighted by Gasteiger charge is 2.23. The van der Waals surface area contributed by atoms with Crippen LogP contribution in [0, 0.1) is 13.8 Å². The molecule has 0 radical (unpaired) electrons. The second-order valence-electron chi connectivity index (χ2n) is 7.11. The molecule has 0 unspecified atom stereocenters. The molecule has 28 heavy (non-hydrogen) atoms. The third kappa shape index (κ3) is 5.32. The Labute approximate surface area is 165 Å². The molecule has 0 aliphatic carbocycles. The van der Waals surface area contributed by atoms with Gasteiger partial charge in [0.25, 0.3) is 0 Å². The summed E-state index contributed by atoms with van der Waals surface area (Å²) in [5, 5.41) is 0. The van der Waals surface area contributed by atoms with Crippen LogP contribution in [0.4, 0.5) is 5.69 Å². The number of para-hydroxylation sites is 1. The monoisotopic (exact) mass is 406 g/mol. The van der Waals surface area contributed by atoms with Crippen LogP contribution < -0.4 is 4.72 Å². The molecule has 152 valence electrons. The van der Waals surface area contributed by atoms with Crippen LogP contribution in [0.2, 0.25) is 0 Å². The van der Waals surface area contributed by atoms with Crippen molar-refractivity contribution in [3.8, 4) is 0 Å². The first-order valence-corrected chi connectivity index (χ1v) is 11.1. The maximum atomic E-state index is 12.7. The summed E-state index contributed by atoms with van der Waals surface area (Å²) in [7, 11) is -3.40. The lowest BCUT2D eigenvalue weighted by molar-refractivity contribution is -0.132. The molecule has 1 fully saturated rings. The smallest absolute Gasteiger partial charge is 0.229 e. The Balaban J connectivity index is 1.56. The third-order valence-electron chi connectivity index (χ3n) is 4.81. The van der Waals surface area contributed by atoms with Gasteiger partial charge in [-0.3, -0.25) is 14.4 Å². The highest BCUT2D eigenvalue weighted by Crippen LogP contribution is 2.18. The maximum absolute atomic E-state index is 12.7. The number of carbonyl (C=O) groups is 1. The van der Waals surface area contributed by atoms with Crippen LogP contribution in [0.15, 0.2) is 28.7 Å². The van der Waals surface area contributed by atoms with E-state index in [0.717, 1.165) is 30.8 Å². The quantitative estimate of drug-likeness (QED) is 0.782. The van der Waals surface area contributed by atoms with Crippen molar-refractivity contribution in [1.82, 2.24) is 14.8 Å². The highest BCUT2D eigenvalue weighted by atomic mass is 32.2. The molecule has 2 aromatic rings. The Hall–Kier alpha value is -2.39. The minimum atomic E-state index is -3.40. The molecule has 2 heterocycles. The van der Waals surface area contributed by atoms with E-state index in [1.165, 1.54) is 0 Å². The number of rotatable bonds is 6. The number of anilines is 1. The lowest BCUT2D eigenvalue weighted by Crippen LogP contribution is -2.48. The fourth-order valence-corrected chi connectivity index (χ4v) is 3.80. The fourth-order valence-electron chi connectivity index (χ4n) is 3.20. The van der Waals surface area contributed by atoms with Gasteiger partial charge in [0.2, 0.25) is 21.8 Å². The van der Waals surface area contributed by atoms with E-state index in [0.29, 0.717) is 36.8 Å². The first-order chi connectivity index (χ1) is 13.2. The summed E-state index contributed by atoms with van der Waals surface area (Å²) in [6.45, 7) is 7.20. The molecule has 1 aromatic carbocycles. The number of oxazole rings is 1. The van der Waals surface area contributed by atoms with Crippen LogP contribution >= 0.6 is 0 Å². The second kappa shape index (κ2) is 8.32. The molecule has 0 atom stereocenters. The topological polar surface area (TPSA) is 95.8 Å². The summed E-state index contributed by atoms with van der Waals surface area (Å²) in [5.74, 6) is 1.53. The molecule has 0 saturated carbocycles. The molecular weight excluding hydrogens is 380 g/mol. The molecule has 3 rings (SSSR count). The van der Waals surface area contributed by atoms with E-state index in [2.05, 4.69) is 14.6 Å². The molecule has 8 nitrogen and oxygen atoms in total. The summed E-state index contributed by atoms with van der Waals surface area (Å²) in [6.07, 6.45) is 1.26. The second-order valence-corrected chi connectivity index (χ2v) is 8.86. The Morgan fingerprint density at radius 3 is 2.46 bits per heavy atom. The fraction of sp³-hybridized carbons (Fsp3) is 0.474. The Kier molecular flexibility index (Phi) is 6.04. The summed E-state index contributed by atoms with van der Waals surface area (Å²) >= 11 is 0. The molecule has 1 saturated heterocycles. The van der Waals surface area contributed by atoms with Crippen LogP contribution in [0.3, 0.4) is 0 Å². The van der Waals surface area contributed by atoms with Gasteiger partial charge in [-0.15, -0.1) is 0 Å². The van der Waals surface area contributed by atoms with Gasteiger partial charge >= 0.3 is 0 Å². The van der Waals surface area contributed by atoms with E-state index >= 15 is 0 Å². The number of aryl methyl sites for hydroxylation is 2. The lowest BCUT2D eigenvalue weighted by Gasteiger charge is -2.34. The Morgan fingerprint density at radius 2 is 1.86 bits per heavy atom. The van der Waals surface area contributed by atoms with Crippen molar-refractivity contribution in [2.45, 2.75) is 26.8 Å². The van der Waals surface area contributed by atoms with E-state index in [4.69, 9.17) is 4.42 Å². The Morgan fingerprint density at radius 1 is 1.18 bits per heavy atom. The molecule has 1 aromatic heterocycles. The maximum Gasteiger partial charge on any atom is 0.229 e. The van der Waals surface area contributed by atoms with Crippen LogP contribution in [0.1, 0.15) is 22.9 Å². The number of hydrogen-bond acceptors (Lipinski definition) is 6. The standard InChI is InChI=1S/C19H26N4O4S/c1-14-15(2)27-18(20-14)13-22-8-10-23(11-9-22)19(24)12-16-6-4-5-7-17(16)21-28(3,25)26/h4-7,21H,8-13H2,1-3H3. The van der Waals surface area contributed by atoms with Crippen molar-refractivity contribution in [3.05, 3.63) is 47.2 Å². The minimum absolute atomic E-state index is 0.00906. The molecule has 1 aliphatic heterocycles. The molecule has 1 aliphatic rings. The zero-order chi connectivity index (χ0) is 20.3. The van der Waals surface area contributed by atoms with Gasteiger partial charge in [-0.2, -0.15) is 0 Å². The molecule has 0 bridgehead atoms. The number of piperazine rings is 1. The van der Waals surface area contributed by atoms with Gasteiger partial charge in [0, 0.05) is 26.2 Å². The van der Waals surface area contributed by atoms with Crippen molar-refractivity contribution in [2.75, 3.05) is 37.2 Å². The van der Waals surface area contributed by atoms with Gasteiger partial charge in [0.15, 0.2) is 0 Å². The molecule has 0 spiro atoms. The SMILES string of the molecule is Cc1nc(CN2CCN(C(=O)Cc3ccccc3NS(C)(=O)=O)CC2)oc1C. The number of aromatic nitrogens is 1. The van der Waals surface area contributed by atoms with E-state index in [-0.39, 0.29) is 12.3 Å². The van der Waals surface area contributed by atoms with Gasteiger partial charge in [-0.25, -0.2) is 13.4 Å². The number of carbonyl (C=O) groups excluding carboxylic acids is 1. The van der Waals surface area contributed by atoms with Crippen molar-refractivity contribution in [3.63, 3.8) is 0 Å². The molecule has 1 amide bonds. The zero-order valence-electron chi connectivity index (χ0n) is 16.4. The first-order valence-electron chi connectivity index (χ1n) is 9.20. The summed E-state index contributed by atoms with van der Waals surface area (Å²) < 4.78 is 31.2. The van der Waals surface area contributed by atoms with Gasteiger partial charge in [0.1, 0.15) is 5.76 Å². The number of benzene rings is 1. The van der Waals surface area contributed by atoms with Crippen LogP contribution in [-0.2, 0) is 27.8 Å². The van der Waals surface area contributed by atoms with E-state index in [9.17, 15) is 13.2 Å². The molecule has 9 heteroatoms. The normalized spacial score (nSPS) is 15.6. The number of hydrogen-bond donors (Lipinski definition) is 1. The van der Waals surface area contributed by atoms with Gasteiger partial charge < -0.3 is 9.32 Å².